The molecule has 1 aliphatic rings. The Morgan fingerprint density at radius 3 is 2.31 bits per heavy atom. The largest absolute Gasteiger partial charge is 0.321 e. The summed E-state index contributed by atoms with van der Waals surface area (Å²) < 4.78 is 0. The zero-order valence-electron chi connectivity index (χ0n) is 15.2. The van der Waals surface area contributed by atoms with Gasteiger partial charge in [-0.15, -0.1) is 0 Å². The summed E-state index contributed by atoms with van der Waals surface area (Å²) in [5.41, 5.74) is 3.86. The van der Waals surface area contributed by atoms with Crippen molar-refractivity contribution in [1.29, 1.82) is 0 Å². The number of halogens is 2. The van der Waals surface area contributed by atoms with Gasteiger partial charge < -0.3 is 10.2 Å². The predicted octanol–water partition coefficient (Wildman–Crippen LogP) is 4.36. The fourth-order valence-corrected chi connectivity index (χ4v) is 4.30. The molecule has 0 saturated carbocycles. The number of nitrogens with one attached hydrogen (secondary N) is 2. The van der Waals surface area contributed by atoms with E-state index >= 15 is 0 Å². The van der Waals surface area contributed by atoms with Crippen LogP contribution in [0.15, 0.2) is 36.4 Å². The van der Waals surface area contributed by atoms with Crippen LogP contribution in [0.25, 0.3) is 0 Å². The van der Waals surface area contributed by atoms with Crippen molar-refractivity contribution in [1.82, 2.24) is 0 Å². The van der Waals surface area contributed by atoms with Crippen molar-refractivity contribution in [2.45, 2.75) is 39.2 Å². The highest BCUT2D eigenvalue weighted by atomic mass is 35.5. The molecule has 0 unspecified atom stereocenters. The minimum Gasteiger partial charge on any atom is -0.321 e. The van der Waals surface area contributed by atoms with Gasteiger partial charge in [0.2, 0.25) is 0 Å². The summed E-state index contributed by atoms with van der Waals surface area (Å²) in [4.78, 5) is 14.6. The van der Waals surface area contributed by atoms with Crippen molar-refractivity contribution < 1.29 is 9.69 Å². The number of hydrogen-bond acceptors (Lipinski definition) is 1. The van der Waals surface area contributed by atoms with E-state index < -0.39 is 0 Å². The first kappa shape index (κ1) is 19.2. The molecular weight excluding hydrogens is 367 g/mol. The number of rotatable bonds is 4. The van der Waals surface area contributed by atoms with Crippen molar-refractivity contribution in [3.63, 3.8) is 0 Å². The predicted molar refractivity (Wildman–Crippen MR) is 108 cm³/mol. The van der Waals surface area contributed by atoms with Crippen LogP contribution in [-0.2, 0) is 4.79 Å². The van der Waals surface area contributed by atoms with Crippen molar-refractivity contribution in [2.24, 2.45) is 0 Å². The molecule has 2 N–H and O–H groups in total. The third kappa shape index (κ3) is 4.22. The summed E-state index contributed by atoms with van der Waals surface area (Å²) in [7, 11) is 0. The molecule has 1 heterocycles. The Morgan fingerprint density at radius 2 is 1.69 bits per heavy atom. The number of hydrogen-bond donors (Lipinski definition) is 2. The number of anilines is 1. The number of likely N-dealkylation sites (tertiary alicyclic amines) is 1. The molecule has 0 aliphatic carbocycles. The van der Waals surface area contributed by atoms with Crippen LogP contribution in [-0.4, -0.2) is 19.0 Å². The number of aryl methyl sites for hydroxylation is 2. The smallest absolute Gasteiger partial charge is 0.287 e. The lowest BCUT2D eigenvalue weighted by molar-refractivity contribution is -0.926. The van der Waals surface area contributed by atoms with Gasteiger partial charge in [0.15, 0.2) is 6.04 Å². The van der Waals surface area contributed by atoms with E-state index in [4.69, 9.17) is 23.2 Å². The lowest BCUT2D eigenvalue weighted by atomic mass is 10.00. The summed E-state index contributed by atoms with van der Waals surface area (Å²) in [6, 6.07) is 11.1. The Labute approximate surface area is 165 Å². The summed E-state index contributed by atoms with van der Waals surface area (Å²) >= 11 is 12.5. The first-order chi connectivity index (χ1) is 12.5. The van der Waals surface area contributed by atoms with Crippen LogP contribution in [0.2, 0.25) is 10.0 Å². The third-order valence-electron chi connectivity index (χ3n) is 5.17. The zero-order chi connectivity index (χ0) is 18.7. The van der Waals surface area contributed by atoms with Crippen molar-refractivity contribution in [3.8, 4) is 0 Å². The van der Waals surface area contributed by atoms with Crippen LogP contribution in [0.5, 0.6) is 0 Å². The second-order valence-corrected chi connectivity index (χ2v) is 7.92. The lowest BCUT2D eigenvalue weighted by Gasteiger charge is -2.31. The van der Waals surface area contributed by atoms with E-state index in [0.29, 0.717) is 10.0 Å². The number of quaternary nitrogens is 1. The standard InChI is InChI=1S/C21H24Cl2N2O/c1-14-7-6-8-15(2)19(14)24-21(26)20(25-11-4-3-5-12-25)17-10-9-16(22)13-18(17)23/h6-10,13,20H,3-5,11-12H2,1-2H3,(H,24,26)/p+1/t20-/m0/s1. The van der Waals surface area contributed by atoms with Crippen LogP contribution in [0.1, 0.15) is 42.0 Å². The molecule has 1 fully saturated rings. The Morgan fingerprint density at radius 1 is 1.04 bits per heavy atom. The number of amides is 1. The van der Waals surface area contributed by atoms with E-state index in [9.17, 15) is 4.79 Å². The van der Waals surface area contributed by atoms with Crippen molar-refractivity contribution in [3.05, 3.63) is 63.1 Å². The Hall–Kier alpha value is -1.55. The van der Waals surface area contributed by atoms with Gasteiger partial charge in [-0.05, 0) is 62.4 Å². The van der Waals surface area contributed by atoms with Gasteiger partial charge in [-0.1, -0.05) is 41.4 Å². The van der Waals surface area contributed by atoms with Crippen LogP contribution in [0.3, 0.4) is 0 Å². The van der Waals surface area contributed by atoms with E-state index in [2.05, 4.69) is 5.32 Å². The average molecular weight is 392 g/mol. The maximum atomic E-state index is 13.3. The van der Waals surface area contributed by atoms with Gasteiger partial charge in [0, 0.05) is 16.3 Å². The SMILES string of the molecule is Cc1cccc(C)c1NC(=O)[C@H](c1ccc(Cl)cc1Cl)[NH+]1CCCCC1. The van der Waals surface area contributed by atoms with Crippen molar-refractivity contribution >= 4 is 34.8 Å². The molecular formula is C21H25Cl2N2O+. The van der Waals surface area contributed by atoms with Crippen LogP contribution >= 0.6 is 23.2 Å². The molecule has 1 amide bonds. The zero-order valence-corrected chi connectivity index (χ0v) is 16.8. The van der Waals surface area contributed by atoms with Gasteiger partial charge in [0.1, 0.15) is 0 Å². The summed E-state index contributed by atoms with van der Waals surface area (Å²) in [6.07, 6.45) is 3.49. The van der Waals surface area contributed by atoms with E-state index in [1.165, 1.54) is 11.3 Å². The van der Waals surface area contributed by atoms with Gasteiger partial charge >= 0.3 is 0 Å². The first-order valence-corrected chi connectivity index (χ1v) is 9.89. The molecule has 5 heteroatoms. The molecule has 138 valence electrons. The van der Waals surface area contributed by atoms with E-state index in [1.807, 2.05) is 44.2 Å². The molecule has 3 nitrogen and oxygen atoms in total. The quantitative estimate of drug-likeness (QED) is 0.797. The van der Waals surface area contributed by atoms with Crippen LogP contribution in [0, 0.1) is 13.8 Å². The lowest BCUT2D eigenvalue weighted by Crippen LogP contribution is -3.14. The fourth-order valence-electron chi connectivity index (χ4n) is 3.78. The Bertz CT molecular complexity index is 780. The van der Waals surface area contributed by atoms with Gasteiger partial charge in [0.05, 0.1) is 18.1 Å². The Balaban J connectivity index is 1.95. The minimum absolute atomic E-state index is 0.0106. The molecule has 0 radical (unpaired) electrons. The number of carbonyl (C=O) groups excluding carboxylic acids is 1. The average Bonchev–Trinajstić information content (AvgIpc) is 2.61. The van der Waals surface area contributed by atoms with Gasteiger partial charge in [-0.2, -0.15) is 0 Å². The maximum Gasteiger partial charge on any atom is 0.287 e. The molecule has 2 aromatic carbocycles. The molecule has 1 aliphatic heterocycles. The molecule has 26 heavy (non-hydrogen) atoms. The molecule has 1 atom stereocenters. The normalized spacial score (nSPS) is 16.3. The van der Waals surface area contributed by atoms with E-state index in [1.54, 1.807) is 6.07 Å². The summed E-state index contributed by atoms with van der Waals surface area (Å²) in [5, 5.41) is 4.30. The molecule has 0 aromatic heterocycles. The van der Waals surface area contributed by atoms with Gasteiger partial charge in [-0.25, -0.2) is 0 Å². The number of para-hydroxylation sites is 1. The molecule has 0 spiro atoms. The maximum absolute atomic E-state index is 13.3. The fraction of sp³-hybridized carbons (Fsp3) is 0.381. The summed E-state index contributed by atoms with van der Waals surface area (Å²) in [6.45, 7) is 5.98. The van der Waals surface area contributed by atoms with Crippen molar-refractivity contribution in [2.75, 3.05) is 18.4 Å². The molecule has 0 bridgehead atoms. The van der Waals surface area contributed by atoms with Gasteiger partial charge in [0.25, 0.3) is 5.91 Å². The molecule has 3 rings (SSSR count). The number of benzene rings is 2. The topological polar surface area (TPSA) is 33.5 Å². The highest BCUT2D eigenvalue weighted by Gasteiger charge is 2.34. The summed E-state index contributed by atoms with van der Waals surface area (Å²) in [5.74, 6) is -0.0106. The molecule has 2 aromatic rings. The van der Waals surface area contributed by atoms with Crippen LogP contribution in [0.4, 0.5) is 5.69 Å². The van der Waals surface area contributed by atoms with Crippen LogP contribution < -0.4 is 10.2 Å². The second-order valence-electron chi connectivity index (χ2n) is 7.07. The Kier molecular flexibility index (Phi) is 6.23. The highest BCUT2D eigenvalue weighted by Crippen LogP contribution is 2.27. The molecule has 1 saturated heterocycles. The minimum atomic E-state index is -0.334. The number of carbonyl (C=O) groups is 1. The highest BCUT2D eigenvalue weighted by molar-refractivity contribution is 6.35. The third-order valence-corrected chi connectivity index (χ3v) is 5.73. The monoisotopic (exact) mass is 391 g/mol. The van der Waals surface area contributed by atoms with E-state index in [-0.39, 0.29) is 11.9 Å². The second kappa shape index (κ2) is 8.43. The number of piperidine rings is 1. The van der Waals surface area contributed by atoms with E-state index in [0.717, 1.165) is 48.3 Å². The van der Waals surface area contributed by atoms with Gasteiger partial charge in [-0.3, -0.25) is 4.79 Å². The first-order valence-electron chi connectivity index (χ1n) is 9.14.